The molecule has 0 amide bonds. The Morgan fingerprint density at radius 3 is 2.06 bits per heavy atom. The number of ether oxygens (including phenoxy) is 2. The van der Waals surface area contributed by atoms with Gasteiger partial charge in [-0.3, -0.25) is 9.59 Å². The van der Waals surface area contributed by atoms with E-state index in [1.807, 2.05) is 0 Å². The molecule has 1 aromatic carbocycles. The monoisotopic (exact) mass is 262 g/mol. The first-order chi connectivity index (χ1) is 8.41. The number of hydrogen-bond acceptors (Lipinski definition) is 4. The summed E-state index contributed by atoms with van der Waals surface area (Å²) in [7, 11) is 0. The predicted molar refractivity (Wildman–Crippen MR) is 55.1 cm³/mol. The summed E-state index contributed by atoms with van der Waals surface area (Å²) in [5.41, 5.74) is -0.469. The van der Waals surface area contributed by atoms with Gasteiger partial charge >= 0.3 is 6.36 Å². The van der Waals surface area contributed by atoms with Gasteiger partial charge in [0.2, 0.25) is 0 Å². The van der Waals surface area contributed by atoms with Crippen LogP contribution in [0.5, 0.6) is 11.5 Å². The molecular weight excluding hydrogens is 253 g/mol. The molecule has 0 aliphatic carbocycles. The highest BCUT2D eigenvalue weighted by atomic mass is 19.4. The van der Waals surface area contributed by atoms with Crippen LogP contribution in [0.25, 0.3) is 0 Å². The third-order valence-corrected chi connectivity index (χ3v) is 1.92. The molecule has 0 bridgehead atoms. The summed E-state index contributed by atoms with van der Waals surface area (Å²) in [5, 5.41) is 0. The van der Waals surface area contributed by atoms with Crippen molar-refractivity contribution in [1.29, 1.82) is 0 Å². The Kier molecular flexibility index (Phi) is 4.30. The van der Waals surface area contributed by atoms with Crippen LogP contribution in [0, 0.1) is 0 Å². The van der Waals surface area contributed by atoms with E-state index in [0.717, 1.165) is 12.1 Å². The topological polar surface area (TPSA) is 52.6 Å². The summed E-state index contributed by atoms with van der Waals surface area (Å²) in [6.45, 7) is 1.84. The number of hydrogen-bond donors (Lipinski definition) is 0. The molecule has 0 aliphatic rings. The maximum Gasteiger partial charge on any atom is 0.573 e. The summed E-state index contributed by atoms with van der Waals surface area (Å²) in [5.74, 6) is -0.702. The standard InChI is InChI=1S/C11H9F3O4/c1-2-17-9-3-8(6-16)10(4-7(9)5-15)18-11(12,13)14/h3-6H,2H2,1H3. The Morgan fingerprint density at radius 1 is 1.11 bits per heavy atom. The van der Waals surface area contributed by atoms with E-state index in [1.54, 1.807) is 6.92 Å². The first-order valence-corrected chi connectivity index (χ1v) is 4.88. The summed E-state index contributed by atoms with van der Waals surface area (Å²) in [4.78, 5) is 21.4. The van der Waals surface area contributed by atoms with Gasteiger partial charge in [-0.25, -0.2) is 0 Å². The predicted octanol–water partition coefficient (Wildman–Crippen LogP) is 2.61. The Labute approximate surface area is 100 Å². The van der Waals surface area contributed by atoms with Crippen LogP contribution < -0.4 is 9.47 Å². The average Bonchev–Trinajstić information content (AvgIpc) is 2.28. The van der Waals surface area contributed by atoms with Crippen LogP contribution in [-0.4, -0.2) is 25.5 Å². The van der Waals surface area contributed by atoms with Gasteiger partial charge in [-0.15, -0.1) is 13.2 Å². The van der Waals surface area contributed by atoms with E-state index in [-0.39, 0.29) is 29.8 Å². The molecule has 0 N–H and O–H groups in total. The Morgan fingerprint density at radius 2 is 1.61 bits per heavy atom. The first-order valence-electron chi connectivity index (χ1n) is 4.88. The second-order valence-corrected chi connectivity index (χ2v) is 3.14. The molecule has 0 spiro atoms. The number of aldehydes is 2. The van der Waals surface area contributed by atoms with Gasteiger partial charge in [0.05, 0.1) is 17.7 Å². The highest BCUT2D eigenvalue weighted by molar-refractivity contribution is 5.87. The highest BCUT2D eigenvalue weighted by Gasteiger charge is 2.32. The summed E-state index contributed by atoms with van der Waals surface area (Å²) < 4.78 is 44.9. The Balaban J connectivity index is 3.25. The molecule has 4 nitrogen and oxygen atoms in total. The lowest BCUT2D eigenvalue weighted by molar-refractivity contribution is -0.274. The number of carbonyl (C=O) groups excluding carboxylic acids is 2. The largest absolute Gasteiger partial charge is 0.573 e. The van der Waals surface area contributed by atoms with Crippen LogP contribution in [-0.2, 0) is 0 Å². The van der Waals surface area contributed by atoms with E-state index in [1.165, 1.54) is 0 Å². The Bertz CT molecular complexity index is 454. The third-order valence-electron chi connectivity index (χ3n) is 1.92. The fourth-order valence-corrected chi connectivity index (χ4v) is 1.27. The molecule has 18 heavy (non-hydrogen) atoms. The molecule has 0 atom stereocenters. The molecule has 0 unspecified atom stereocenters. The van der Waals surface area contributed by atoms with Crippen molar-refractivity contribution in [3.05, 3.63) is 23.3 Å². The van der Waals surface area contributed by atoms with Crippen LogP contribution >= 0.6 is 0 Å². The number of rotatable bonds is 5. The van der Waals surface area contributed by atoms with Crippen molar-refractivity contribution >= 4 is 12.6 Å². The maximum absolute atomic E-state index is 12.1. The van der Waals surface area contributed by atoms with Crippen molar-refractivity contribution in [2.45, 2.75) is 13.3 Å². The normalized spacial score (nSPS) is 10.9. The zero-order valence-corrected chi connectivity index (χ0v) is 9.28. The van der Waals surface area contributed by atoms with Crippen molar-refractivity contribution in [3.8, 4) is 11.5 Å². The van der Waals surface area contributed by atoms with Gasteiger partial charge < -0.3 is 9.47 Å². The minimum atomic E-state index is -4.94. The second kappa shape index (κ2) is 5.52. The van der Waals surface area contributed by atoms with Gasteiger partial charge in [0.25, 0.3) is 0 Å². The highest BCUT2D eigenvalue weighted by Crippen LogP contribution is 2.31. The number of halogens is 3. The maximum atomic E-state index is 12.1. The lowest BCUT2D eigenvalue weighted by atomic mass is 10.1. The Hall–Kier alpha value is -2.05. The first kappa shape index (κ1) is 14.0. The molecule has 0 saturated carbocycles. The van der Waals surface area contributed by atoms with Crippen molar-refractivity contribution in [2.24, 2.45) is 0 Å². The summed E-state index contributed by atoms with van der Waals surface area (Å²) in [6.07, 6.45) is -4.42. The number of benzene rings is 1. The number of alkyl halides is 3. The van der Waals surface area contributed by atoms with Gasteiger partial charge in [-0.2, -0.15) is 0 Å². The van der Waals surface area contributed by atoms with Crippen molar-refractivity contribution in [3.63, 3.8) is 0 Å². The van der Waals surface area contributed by atoms with Gasteiger partial charge in [-0.05, 0) is 19.1 Å². The average molecular weight is 262 g/mol. The lowest BCUT2D eigenvalue weighted by Crippen LogP contribution is -2.18. The van der Waals surface area contributed by atoms with Gasteiger partial charge in [0.1, 0.15) is 11.5 Å². The van der Waals surface area contributed by atoms with Crippen molar-refractivity contribution in [1.82, 2.24) is 0 Å². The molecule has 98 valence electrons. The molecule has 0 aliphatic heterocycles. The minimum Gasteiger partial charge on any atom is -0.493 e. The summed E-state index contributed by atoms with van der Waals surface area (Å²) >= 11 is 0. The zero-order chi connectivity index (χ0) is 13.8. The molecule has 0 heterocycles. The molecule has 7 heteroatoms. The SMILES string of the molecule is CCOc1cc(C=O)c(OC(F)(F)F)cc1C=O. The van der Waals surface area contributed by atoms with E-state index in [0.29, 0.717) is 6.29 Å². The molecule has 0 aromatic heterocycles. The minimum absolute atomic E-state index is 0.0316. The smallest absolute Gasteiger partial charge is 0.493 e. The van der Waals surface area contributed by atoms with Crippen LogP contribution in [0.2, 0.25) is 0 Å². The number of carbonyl (C=O) groups is 2. The lowest BCUT2D eigenvalue weighted by Gasteiger charge is -2.13. The van der Waals surface area contributed by atoms with E-state index in [4.69, 9.17) is 4.74 Å². The fourth-order valence-electron chi connectivity index (χ4n) is 1.27. The third kappa shape index (κ3) is 3.47. The van der Waals surface area contributed by atoms with E-state index < -0.39 is 12.1 Å². The molecule has 1 aromatic rings. The van der Waals surface area contributed by atoms with Crippen LogP contribution in [0.1, 0.15) is 27.6 Å². The van der Waals surface area contributed by atoms with Crippen molar-refractivity contribution < 1.29 is 32.2 Å². The van der Waals surface area contributed by atoms with Crippen LogP contribution in [0.3, 0.4) is 0 Å². The second-order valence-electron chi connectivity index (χ2n) is 3.14. The fraction of sp³-hybridized carbons (Fsp3) is 0.273. The van der Waals surface area contributed by atoms with E-state index in [9.17, 15) is 22.8 Å². The van der Waals surface area contributed by atoms with Gasteiger partial charge in [0, 0.05) is 0 Å². The molecule has 0 radical (unpaired) electrons. The van der Waals surface area contributed by atoms with Crippen LogP contribution in [0.4, 0.5) is 13.2 Å². The summed E-state index contributed by atoms with van der Waals surface area (Å²) in [6, 6.07) is 1.84. The molecule has 0 saturated heterocycles. The molecule has 0 fully saturated rings. The van der Waals surface area contributed by atoms with Crippen LogP contribution in [0.15, 0.2) is 12.1 Å². The van der Waals surface area contributed by atoms with E-state index >= 15 is 0 Å². The van der Waals surface area contributed by atoms with E-state index in [2.05, 4.69) is 4.74 Å². The molecular formula is C11H9F3O4. The van der Waals surface area contributed by atoms with Gasteiger partial charge in [0.15, 0.2) is 12.6 Å². The zero-order valence-electron chi connectivity index (χ0n) is 9.28. The van der Waals surface area contributed by atoms with Crippen molar-refractivity contribution in [2.75, 3.05) is 6.61 Å². The van der Waals surface area contributed by atoms with Gasteiger partial charge in [-0.1, -0.05) is 0 Å². The molecule has 1 rings (SSSR count). The quantitative estimate of drug-likeness (QED) is 0.765.